The summed E-state index contributed by atoms with van der Waals surface area (Å²) in [6.07, 6.45) is 0. The van der Waals surface area contributed by atoms with Crippen LogP contribution >= 0.6 is 0 Å². The molecule has 0 aromatic heterocycles. The van der Waals surface area contributed by atoms with Crippen LogP contribution in [0.3, 0.4) is 0 Å². The van der Waals surface area contributed by atoms with Crippen molar-refractivity contribution < 1.29 is 13.6 Å². The topological polar surface area (TPSA) is 41.1 Å². The van der Waals surface area contributed by atoms with Crippen molar-refractivity contribution in [3.05, 3.63) is 59.2 Å². The van der Waals surface area contributed by atoms with Crippen LogP contribution in [0.15, 0.2) is 36.4 Å². The zero-order valence-corrected chi connectivity index (χ0v) is 11.8. The van der Waals surface area contributed by atoms with Gasteiger partial charge in [-0.15, -0.1) is 0 Å². The molecule has 0 heterocycles. The van der Waals surface area contributed by atoms with E-state index >= 15 is 0 Å². The van der Waals surface area contributed by atoms with Crippen LogP contribution in [0.1, 0.15) is 11.1 Å². The molecule has 0 spiro atoms. The first-order chi connectivity index (χ1) is 9.97. The van der Waals surface area contributed by atoms with Gasteiger partial charge >= 0.3 is 0 Å². The smallest absolute Gasteiger partial charge is 0.243 e. The van der Waals surface area contributed by atoms with Gasteiger partial charge in [0.05, 0.1) is 6.54 Å². The monoisotopic (exact) mass is 290 g/mol. The lowest BCUT2D eigenvalue weighted by molar-refractivity contribution is -0.114. The van der Waals surface area contributed by atoms with E-state index in [-0.39, 0.29) is 12.5 Å². The van der Waals surface area contributed by atoms with Crippen LogP contribution in [0.5, 0.6) is 0 Å². The van der Waals surface area contributed by atoms with Gasteiger partial charge < -0.3 is 10.6 Å². The Labute approximate surface area is 122 Å². The number of aryl methyl sites for hydroxylation is 1. The normalized spacial score (nSPS) is 10.3. The van der Waals surface area contributed by atoms with Crippen LogP contribution in [0.4, 0.5) is 20.2 Å². The van der Waals surface area contributed by atoms with Crippen LogP contribution in [-0.2, 0) is 4.79 Å². The molecular weight excluding hydrogens is 274 g/mol. The predicted octanol–water partition coefficient (Wildman–Crippen LogP) is 3.63. The maximum Gasteiger partial charge on any atom is 0.243 e. The molecule has 0 aliphatic carbocycles. The lowest BCUT2D eigenvalue weighted by Crippen LogP contribution is -2.22. The molecule has 0 fully saturated rings. The van der Waals surface area contributed by atoms with Gasteiger partial charge in [-0.25, -0.2) is 8.78 Å². The summed E-state index contributed by atoms with van der Waals surface area (Å²) in [6, 6.07) is 9.05. The third-order valence-corrected chi connectivity index (χ3v) is 3.25. The lowest BCUT2D eigenvalue weighted by atomic mass is 10.1. The number of hydrogen-bond acceptors (Lipinski definition) is 2. The van der Waals surface area contributed by atoms with Crippen LogP contribution in [0, 0.1) is 25.5 Å². The van der Waals surface area contributed by atoms with E-state index in [1.54, 1.807) is 0 Å². The van der Waals surface area contributed by atoms with E-state index < -0.39 is 11.6 Å². The SMILES string of the molecule is Cc1cccc(NC(=O)CNc2ccc(F)c(F)c2)c1C. The lowest BCUT2D eigenvalue weighted by Gasteiger charge is -2.11. The number of hydrogen-bond donors (Lipinski definition) is 2. The number of carbonyl (C=O) groups excluding carboxylic acids is 1. The number of benzene rings is 2. The highest BCUT2D eigenvalue weighted by Gasteiger charge is 2.07. The van der Waals surface area contributed by atoms with Crippen molar-refractivity contribution >= 4 is 17.3 Å². The van der Waals surface area contributed by atoms with E-state index in [1.165, 1.54) is 6.07 Å². The van der Waals surface area contributed by atoms with Crippen molar-refractivity contribution in [2.45, 2.75) is 13.8 Å². The molecule has 5 heteroatoms. The van der Waals surface area contributed by atoms with Crippen molar-refractivity contribution in [1.82, 2.24) is 0 Å². The van der Waals surface area contributed by atoms with E-state index in [1.807, 2.05) is 32.0 Å². The van der Waals surface area contributed by atoms with E-state index in [0.29, 0.717) is 5.69 Å². The molecular formula is C16H16F2N2O. The summed E-state index contributed by atoms with van der Waals surface area (Å²) in [6.45, 7) is 3.86. The van der Waals surface area contributed by atoms with Gasteiger partial charge in [0, 0.05) is 17.4 Å². The molecule has 21 heavy (non-hydrogen) atoms. The number of carbonyl (C=O) groups is 1. The minimum Gasteiger partial charge on any atom is -0.376 e. The van der Waals surface area contributed by atoms with Crippen molar-refractivity contribution in [3.63, 3.8) is 0 Å². The predicted molar refractivity (Wildman–Crippen MR) is 79.4 cm³/mol. The first kappa shape index (κ1) is 15.0. The van der Waals surface area contributed by atoms with E-state index in [9.17, 15) is 13.6 Å². The van der Waals surface area contributed by atoms with E-state index in [4.69, 9.17) is 0 Å². The fraction of sp³-hybridized carbons (Fsp3) is 0.188. The van der Waals surface area contributed by atoms with Gasteiger partial charge in [0.1, 0.15) is 0 Å². The highest BCUT2D eigenvalue weighted by atomic mass is 19.2. The average Bonchev–Trinajstić information content (AvgIpc) is 2.45. The molecule has 0 atom stereocenters. The highest BCUT2D eigenvalue weighted by molar-refractivity contribution is 5.94. The van der Waals surface area contributed by atoms with Gasteiger partial charge in [-0.1, -0.05) is 12.1 Å². The van der Waals surface area contributed by atoms with Gasteiger partial charge in [0.15, 0.2) is 11.6 Å². The Kier molecular flexibility index (Phi) is 4.52. The molecule has 0 radical (unpaired) electrons. The van der Waals surface area contributed by atoms with E-state index in [0.717, 1.165) is 28.9 Å². The number of rotatable bonds is 4. The second-order valence-corrected chi connectivity index (χ2v) is 4.78. The maximum atomic E-state index is 13.0. The summed E-state index contributed by atoms with van der Waals surface area (Å²) in [5.74, 6) is -2.12. The third kappa shape index (κ3) is 3.78. The highest BCUT2D eigenvalue weighted by Crippen LogP contribution is 2.18. The summed E-state index contributed by atoms with van der Waals surface area (Å²) >= 11 is 0. The standard InChI is InChI=1S/C16H16F2N2O/c1-10-4-3-5-15(11(10)2)20-16(21)9-19-12-6-7-13(17)14(18)8-12/h3-8,19H,9H2,1-2H3,(H,20,21). The van der Waals surface area contributed by atoms with Crippen molar-refractivity contribution in [1.29, 1.82) is 0 Å². The number of anilines is 2. The summed E-state index contributed by atoms with van der Waals surface area (Å²) < 4.78 is 25.8. The minimum absolute atomic E-state index is 0.0293. The van der Waals surface area contributed by atoms with Crippen LogP contribution in [0.25, 0.3) is 0 Å². The summed E-state index contributed by atoms with van der Waals surface area (Å²) in [5.41, 5.74) is 3.18. The van der Waals surface area contributed by atoms with Crippen molar-refractivity contribution in [3.8, 4) is 0 Å². The van der Waals surface area contributed by atoms with Crippen molar-refractivity contribution in [2.75, 3.05) is 17.2 Å². The average molecular weight is 290 g/mol. The Morgan fingerprint density at radius 3 is 2.57 bits per heavy atom. The largest absolute Gasteiger partial charge is 0.376 e. The minimum atomic E-state index is -0.949. The Morgan fingerprint density at radius 2 is 1.86 bits per heavy atom. The van der Waals surface area contributed by atoms with Gasteiger partial charge in [-0.3, -0.25) is 4.79 Å². The van der Waals surface area contributed by atoms with Gasteiger partial charge in [-0.05, 0) is 43.2 Å². The molecule has 0 saturated heterocycles. The first-order valence-corrected chi connectivity index (χ1v) is 6.52. The number of amides is 1. The molecule has 2 N–H and O–H groups in total. The summed E-state index contributed by atoms with van der Waals surface area (Å²) in [5, 5.41) is 5.53. The van der Waals surface area contributed by atoms with Crippen LogP contribution < -0.4 is 10.6 Å². The molecule has 0 saturated carbocycles. The first-order valence-electron chi connectivity index (χ1n) is 6.52. The Balaban J connectivity index is 1.96. The second-order valence-electron chi connectivity index (χ2n) is 4.78. The molecule has 2 rings (SSSR count). The fourth-order valence-electron chi connectivity index (χ4n) is 1.87. The van der Waals surface area contributed by atoms with Gasteiger partial charge in [0.25, 0.3) is 0 Å². The van der Waals surface area contributed by atoms with Gasteiger partial charge in [0.2, 0.25) is 5.91 Å². The second kappa shape index (κ2) is 6.35. The molecule has 3 nitrogen and oxygen atoms in total. The molecule has 0 bridgehead atoms. The molecule has 2 aromatic rings. The molecule has 0 aliphatic heterocycles. The summed E-state index contributed by atoms with van der Waals surface area (Å²) in [7, 11) is 0. The maximum absolute atomic E-state index is 13.0. The molecule has 110 valence electrons. The van der Waals surface area contributed by atoms with Crippen molar-refractivity contribution in [2.24, 2.45) is 0 Å². The third-order valence-electron chi connectivity index (χ3n) is 3.25. The zero-order valence-electron chi connectivity index (χ0n) is 11.8. The summed E-state index contributed by atoms with van der Waals surface area (Å²) in [4.78, 5) is 11.9. The van der Waals surface area contributed by atoms with Gasteiger partial charge in [-0.2, -0.15) is 0 Å². The quantitative estimate of drug-likeness (QED) is 0.902. The molecule has 1 amide bonds. The zero-order chi connectivity index (χ0) is 15.4. The number of nitrogens with one attached hydrogen (secondary N) is 2. The van der Waals surface area contributed by atoms with Crippen LogP contribution in [-0.4, -0.2) is 12.5 Å². The molecule has 2 aromatic carbocycles. The fourth-order valence-corrected chi connectivity index (χ4v) is 1.87. The number of halogens is 2. The van der Waals surface area contributed by atoms with E-state index in [2.05, 4.69) is 10.6 Å². The Bertz CT molecular complexity index is 671. The van der Waals surface area contributed by atoms with Crippen LogP contribution in [0.2, 0.25) is 0 Å². The molecule has 0 aliphatic rings. The Morgan fingerprint density at radius 1 is 1.10 bits per heavy atom. The molecule has 0 unspecified atom stereocenters. The Hall–Kier alpha value is -2.43.